The zero-order valence-electron chi connectivity index (χ0n) is 12.3. The van der Waals surface area contributed by atoms with Crippen LogP contribution < -0.4 is 0 Å². The molecule has 1 atom stereocenters. The van der Waals surface area contributed by atoms with Crippen LogP contribution >= 0.6 is 0 Å². The number of esters is 1. The highest BCUT2D eigenvalue weighted by molar-refractivity contribution is 5.98. The Labute approximate surface area is 123 Å². The number of carbonyl (C=O) groups is 3. The largest absolute Gasteiger partial charge is 0.481 e. The van der Waals surface area contributed by atoms with Crippen LogP contribution in [0.15, 0.2) is 12.2 Å². The summed E-state index contributed by atoms with van der Waals surface area (Å²) in [6.45, 7) is 5.19. The van der Waals surface area contributed by atoms with Gasteiger partial charge in [-0.05, 0) is 25.7 Å². The average molecular weight is 298 g/mol. The zero-order chi connectivity index (χ0) is 16.0. The molecule has 0 aromatic carbocycles. The Bertz CT molecular complexity index is 435. The molecule has 1 rings (SSSR count). The molecular weight excluding hydrogens is 276 g/mol. The van der Waals surface area contributed by atoms with Crippen molar-refractivity contribution in [2.75, 3.05) is 6.61 Å². The van der Waals surface area contributed by atoms with Crippen LogP contribution in [-0.2, 0) is 19.1 Å². The van der Waals surface area contributed by atoms with Crippen molar-refractivity contribution in [1.29, 1.82) is 0 Å². The molecule has 0 aliphatic heterocycles. The summed E-state index contributed by atoms with van der Waals surface area (Å²) >= 11 is 0. The summed E-state index contributed by atoms with van der Waals surface area (Å²) in [4.78, 5) is 35.0. The van der Waals surface area contributed by atoms with Gasteiger partial charge in [-0.25, -0.2) is 4.79 Å². The lowest BCUT2D eigenvalue weighted by Crippen LogP contribution is -2.45. The number of hydrogen-bond donors (Lipinski definition) is 2. The highest BCUT2D eigenvalue weighted by atomic mass is 16.5. The summed E-state index contributed by atoms with van der Waals surface area (Å²) in [6.07, 6.45) is 3.33. The van der Waals surface area contributed by atoms with Gasteiger partial charge in [-0.15, -0.1) is 0 Å². The van der Waals surface area contributed by atoms with Crippen molar-refractivity contribution in [2.45, 2.75) is 45.4 Å². The molecule has 0 aromatic heterocycles. The molecule has 0 bridgehead atoms. The van der Waals surface area contributed by atoms with Crippen LogP contribution in [0.25, 0.3) is 0 Å². The van der Waals surface area contributed by atoms with Gasteiger partial charge in [0, 0.05) is 5.57 Å². The van der Waals surface area contributed by atoms with Gasteiger partial charge in [0.05, 0.1) is 13.0 Å². The van der Waals surface area contributed by atoms with Crippen molar-refractivity contribution in [3.05, 3.63) is 12.2 Å². The number of hydrogen-bond acceptors (Lipinski definition) is 4. The first-order valence-electron chi connectivity index (χ1n) is 7.18. The van der Waals surface area contributed by atoms with E-state index in [0.29, 0.717) is 12.8 Å². The molecule has 6 nitrogen and oxygen atoms in total. The van der Waals surface area contributed by atoms with Crippen molar-refractivity contribution in [3.8, 4) is 0 Å². The lowest BCUT2D eigenvalue weighted by molar-refractivity contribution is -0.161. The second-order valence-corrected chi connectivity index (χ2v) is 5.38. The molecule has 0 amide bonds. The van der Waals surface area contributed by atoms with Crippen molar-refractivity contribution < 1.29 is 29.3 Å². The SMILES string of the molecule is C=C(C(=O)O)C(CC(=O)OCC)(C(=O)O)C1CCCCC1. The third kappa shape index (κ3) is 3.62. The van der Waals surface area contributed by atoms with Gasteiger partial charge in [-0.1, -0.05) is 25.8 Å². The number of carbonyl (C=O) groups excluding carboxylic acids is 1. The van der Waals surface area contributed by atoms with Crippen LogP contribution in [0.1, 0.15) is 45.4 Å². The van der Waals surface area contributed by atoms with E-state index < -0.39 is 41.2 Å². The lowest BCUT2D eigenvalue weighted by atomic mass is 9.63. The van der Waals surface area contributed by atoms with Crippen LogP contribution in [0.2, 0.25) is 0 Å². The number of carboxylic acids is 2. The van der Waals surface area contributed by atoms with Gasteiger partial charge in [-0.3, -0.25) is 9.59 Å². The van der Waals surface area contributed by atoms with Crippen LogP contribution in [0.3, 0.4) is 0 Å². The first-order valence-corrected chi connectivity index (χ1v) is 7.18. The Balaban J connectivity index is 3.20. The van der Waals surface area contributed by atoms with E-state index in [1.54, 1.807) is 6.92 Å². The normalized spacial score (nSPS) is 18.5. The maximum absolute atomic E-state index is 11.9. The topological polar surface area (TPSA) is 101 Å². The maximum Gasteiger partial charge on any atom is 0.332 e. The van der Waals surface area contributed by atoms with E-state index in [0.717, 1.165) is 19.3 Å². The minimum Gasteiger partial charge on any atom is -0.481 e. The fourth-order valence-electron chi connectivity index (χ4n) is 3.10. The molecule has 0 spiro atoms. The van der Waals surface area contributed by atoms with Gasteiger partial charge in [0.15, 0.2) is 0 Å². The highest BCUT2D eigenvalue weighted by Gasteiger charge is 2.52. The predicted octanol–water partition coefficient (Wildman–Crippen LogP) is 2.23. The summed E-state index contributed by atoms with van der Waals surface area (Å²) in [5.41, 5.74) is -2.21. The summed E-state index contributed by atoms with van der Waals surface area (Å²) in [5.74, 6) is -3.80. The van der Waals surface area contributed by atoms with E-state index in [1.165, 1.54) is 0 Å². The molecule has 21 heavy (non-hydrogen) atoms. The van der Waals surface area contributed by atoms with E-state index >= 15 is 0 Å². The van der Waals surface area contributed by atoms with Gasteiger partial charge >= 0.3 is 17.9 Å². The minimum absolute atomic E-state index is 0.124. The van der Waals surface area contributed by atoms with Crippen LogP contribution in [-0.4, -0.2) is 34.7 Å². The fraction of sp³-hybridized carbons (Fsp3) is 0.667. The Morgan fingerprint density at radius 3 is 2.19 bits per heavy atom. The molecule has 1 aliphatic rings. The number of carboxylic acid groups (broad SMARTS) is 2. The standard InChI is InChI=1S/C15H22O6/c1-3-21-12(16)9-15(14(19)20,10(2)13(17)18)11-7-5-4-6-8-11/h11H,2-9H2,1H3,(H,17,18)(H,19,20). The third-order valence-corrected chi connectivity index (χ3v) is 4.21. The van der Waals surface area contributed by atoms with Crippen molar-refractivity contribution in [2.24, 2.45) is 11.3 Å². The smallest absolute Gasteiger partial charge is 0.332 e. The first-order chi connectivity index (χ1) is 9.86. The lowest BCUT2D eigenvalue weighted by Gasteiger charge is -2.38. The molecule has 0 heterocycles. The second-order valence-electron chi connectivity index (χ2n) is 5.38. The Kier molecular flexibility index (Phi) is 5.93. The summed E-state index contributed by atoms with van der Waals surface area (Å²) in [6, 6.07) is 0. The Morgan fingerprint density at radius 1 is 1.19 bits per heavy atom. The Morgan fingerprint density at radius 2 is 1.76 bits per heavy atom. The fourth-order valence-corrected chi connectivity index (χ4v) is 3.10. The molecule has 6 heteroatoms. The number of aliphatic carboxylic acids is 2. The molecule has 0 aromatic rings. The molecule has 118 valence electrons. The second kappa shape index (κ2) is 7.24. The van der Waals surface area contributed by atoms with Crippen molar-refractivity contribution in [1.82, 2.24) is 0 Å². The molecule has 1 unspecified atom stereocenters. The first kappa shape index (κ1) is 17.2. The van der Waals surface area contributed by atoms with Crippen molar-refractivity contribution in [3.63, 3.8) is 0 Å². The van der Waals surface area contributed by atoms with E-state index in [9.17, 15) is 24.6 Å². The predicted molar refractivity (Wildman–Crippen MR) is 74.7 cm³/mol. The van der Waals surface area contributed by atoms with Gasteiger partial charge in [0.25, 0.3) is 0 Å². The molecule has 1 aliphatic carbocycles. The van der Waals surface area contributed by atoms with Gasteiger partial charge < -0.3 is 14.9 Å². The van der Waals surface area contributed by atoms with Crippen molar-refractivity contribution >= 4 is 17.9 Å². The molecule has 1 fully saturated rings. The average Bonchev–Trinajstić information content (AvgIpc) is 2.44. The summed E-state index contributed by atoms with van der Waals surface area (Å²) in [7, 11) is 0. The van der Waals surface area contributed by atoms with E-state index in [1.807, 2.05) is 0 Å². The van der Waals surface area contributed by atoms with E-state index in [-0.39, 0.29) is 6.61 Å². The summed E-state index contributed by atoms with van der Waals surface area (Å²) in [5, 5.41) is 18.9. The van der Waals surface area contributed by atoms with Gasteiger partial charge in [0.1, 0.15) is 5.41 Å². The number of ether oxygens (including phenoxy) is 1. The van der Waals surface area contributed by atoms with Gasteiger partial charge in [0.2, 0.25) is 0 Å². The molecule has 0 radical (unpaired) electrons. The molecule has 1 saturated carbocycles. The number of rotatable bonds is 7. The maximum atomic E-state index is 11.9. The van der Waals surface area contributed by atoms with Crippen LogP contribution in [0.4, 0.5) is 0 Å². The molecule has 2 N–H and O–H groups in total. The third-order valence-electron chi connectivity index (χ3n) is 4.21. The molecular formula is C15H22O6. The quantitative estimate of drug-likeness (QED) is 0.552. The Hall–Kier alpha value is -1.85. The van der Waals surface area contributed by atoms with E-state index in [4.69, 9.17) is 4.74 Å². The minimum atomic E-state index is -1.78. The zero-order valence-corrected chi connectivity index (χ0v) is 12.3. The van der Waals surface area contributed by atoms with Crippen LogP contribution in [0.5, 0.6) is 0 Å². The van der Waals surface area contributed by atoms with Crippen LogP contribution in [0, 0.1) is 11.3 Å². The van der Waals surface area contributed by atoms with Gasteiger partial charge in [-0.2, -0.15) is 0 Å². The van der Waals surface area contributed by atoms with E-state index in [2.05, 4.69) is 6.58 Å². The summed E-state index contributed by atoms with van der Waals surface area (Å²) < 4.78 is 4.83. The molecule has 0 saturated heterocycles. The highest BCUT2D eigenvalue weighted by Crippen LogP contribution is 2.46. The monoisotopic (exact) mass is 298 g/mol.